The van der Waals surface area contributed by atoms with E-state index in [9.17, 15) is 8.78 Å². The topological polar surface area (TPSA) is 0 Å². The molecule has 0 bridgehead atoms. The molecule has 0 nitrogen and oxygen atoms in total. The fourth-order valence-corrected chi connectivity index (χ4v) is 5.32. The van der Waals surface area contributed by atoms with E-state index in [1.807, 2.05) is 0 Å². The highest BCUT2D eigenvalue weighted by Crippen LogP contribution is 2.43. The van der Waals surface area contributed by atoms with Crippen LogP contribution >= 0.6 is 0 Å². The highest BCUT2D eigenvalue weighted by molar-refractivity contribution is 5.17. The maximum Gasteiger partial charge on any atom is 0.159 e. The number of aryl methyl sites for hydroxylation is 1. The maximum atomic E-state index is 13.3. The Balaban J connectivity index is 1.36. The fraction of sp³-hybridized carbons (Fsp3) is 0.667. The van der Waals surface area contributed by atoms with Gasteiger partial charge in [-0.25, -0.2) is 8.78 Å². The zero-order chi connectivity index (χ0) is 18.4. The monoisotopic (exact) mass is 360 g/mol. The third-order valence-electron chi connectivity index (χ3n) is 7.05. The largest absolute Gasteiger partial charge is 0.204 e. The molecule has 0 N–H and O–H groups in total. The molecular weight excluding hydrogens is 326 g/mol. The van der Waals surface area contributed by atoms with Gasteiger partial charge in [-0.1, -0.05) is 37.8 Å². The SMILES string of the molecule is C=CCC[C@H]1CC[C@H]([C@H]2CC[C@H](CCc3ccc(F)c(F)c3)CC2)CC1. The summed E-state index contributed by atoms with van der Waals surface area (Å²) >= 11 is 0. The predicted molar refractivity (Wildman–Crippen MR) is 105 cm³/mol. The molecule has 0 heterocycles. The first-order valence-corrected chi connectivity index (χ1v) is 10.7. The number of halogens is 2. The van der Waals surface area contributed by atoms with Crippen LogP contribution in [0.25, 0.3) is 0 Å². The first-order chi connectivity index (χ1) is 12.7. The summed E-state index contributed by atoms with van der Waals surface area (Å²) in [5.41, 5.74) is 0.934. The second-order valence-electron chi connectivity index (χ2n) is 8.71. The Morgan fingerprint density at radius 3 is 1.92 bits per heavy atom. The lowest BCUT2D eigenvalue weighted by Gasteiger charge is -2.38. The Morgan fingerprint density at radius 2 is 1.38 bits per heavy atom. The number of benzene rings is 1. The smallest absolute Gasteiger partial charge is 0.159 e. The van der Waals surface area contributed by atoms with Gasteiger partial charge in [0.05, 0.1) is 0 Å². The van der Waals surface area contributed by atoms with Gasteiger partial charge >= 0.3 is 0 Å². The summed E-state index contributed by atoms with van der Waals surface area (Å²) in [5, 5.41) is 0. The Kier molecular flexibility index (Phi) is 7.28. The molecular formula is C24H34F2. The summed E-state index contributed by atoms with van der Waals surface area (Å²) in [6.07, 6.45) is 17.7. The van der Waals surface area contributed by atoms with E-state index in [2.05, 4.69) is 12.7 Å². The summed E-state index contributed by atoms with van der Waals surface area (Å²) in [6, 6.07) is 4.35. The van der Waals surface area contributed by atoms with Crippen molar-refractivity contribution in [3.63, 3.8) is 0 Å². The summed E-state index contributed by atoms with van der Waals surface area (Å²) in [4.78, 5) is 0. The average molecular weight is 361 g/mol. The molecule has 2 aliphatic carbocycles. The molecule has 0 aliphatic heterocycles. The molecule has 2 heteroatoms. The normalized spacial score (nSPS) is 29.5. The predicted octanol–water partition coefficient (Wildman–Crippen LogP) is 7.48. The lowest BCUT2D eigenvalue weighted by molar-refractivity contribution is 0.141. The van der Waals surface area contributed by atoms with Crippen molar-refractivity contribution in [2.45, 2.75) is 77.0 Å². The van der Waals surface area contributed by atoms with Crippen LogP contribution in [0.4, 0.5) is 8.78 Å². The molecule has 1 aromatic rings. The van der Waals surface area contributed by atoms with Crippen LogP contribution in [-0.4, -0.2) is 0 Å². The Bertz CT molecular complexity index is 564. The van der Waals surface area contributed by atoms with Crippen LogP contribution in [0.2, 0.25) is 0 Å². The van der Waals surface area contributed by atoms with E-state index in [4.69, 9.17) is 0 Å². The molecule has 0 atom stereocenters. The van der Waals surface area contributed by atoms with Crippen molar-refractivity contribution in [1.29, 1.82) is 0 Å². The number of hydrogen-bond donors (Lipinski definition) is 0. The Labute approximate surface area is 158 Å². The first kappa shape index (κ1) is 19.6. The fourth-order valence-electron chi connectivity index (χ4n) is 5.32. The number of rotatable bonds is 7. The molecule has 1 aromatic carbocycles. The van der Waals surface area contributed by atoms with Crippen LogP contribution in [-0.2, 0) is 6.42 Å². The second kappa shape index (κ2) is 9.67. The van der Waals surface area contributed by atoms with Gasteiger partial charge in [0.25, 0.3) is 0 Å². The molecule has 0 unspecified atom stereocenters. The molecule has 26 heavy (non-hydrogen) atoms. The molecule has 0 aromatic heterocycles. The van der Waals surface area contributed by atoms with Crippen LogP contribution in [0.15, 0.2) is 30.9 Å². The van der Waals surface area contributed by atoms with Gasteiger partial charge in [0.1, 0.15) is 0 Å². The highest BCUT2D eigenvalue weighted by Gasteiger charge is 2.30. The van der Waals surface area contributed by atoms with E-state index in [0.29, 0.717) is 0 Å². The third-order valence-corrected chi connectivity index (χ3v) is 7.05. The zero-order valence-corrected chi connectivity index (χ0v) is 16.1. The van der Waals surface area contributed by atoms with Crippen molar-refractivity contribution in [2.75, 3.05) is 0 Å². The summed E-state index contributed by atoms with van der Waals surface area (Å²) in [6.45, 7) is 3.85. The lowest BCUT2D eigenvalue weighted by Crippen LogP contribution is -2.26. The molecule has 0 radical (unpaired) electrons. The number of allylic oxidation sites excluding steroid dienone is 1. The molecule has 2 aliphatic rings. The van der Waals surface area contributed by atoms with Gasteiger partial charge in [-0.15, -0.1) is 6.58 Å². The first-order valence-electron chi connectivity index (χ1n) is 10.7. The second-order valence-corrected chi connectivity index (χ2v) is 8.71. The molecule has 3 rings (SSSR count). The maximum absolute atomic E-state index is 13.3. The zero-order valence-electron chi connectivity index (χ0n) is 16.1. The standard InChI is InChI=1S/C24H34F2/c1-2-3-4-18-7-12-21(13-8-18)22-14-9-19(10-15-22)5-6-20-11-16-23(25)24(26)17-20/h2,11,16-19,21-22H,1,3-10,12-15H2/t18-,19-,21-,22-. The van der Waals surface area contributed by atoms with Crippen molar-refractivity contribution >= 4 is 0 Å². The minimum absolute atomic E-state index is 0.713. The van der Waals surface area contributed by atoms with Gasteiger partial charge in [-0.3, -0.25) is 0 Å². The summed E-state index contributed by atoms with van der Waals surface area (Å²) in [7, 11) is 0. The van der Waals surface area contributed by atoms with Gasteiger partial charge in [0.2, 0.25) is 0 Å². The van der Waals surface area contributed by atoms with Gasteiger partial charge < -0.3 is 0 Å². The summed E-state index contributed by atoms with van der Waals surface area (Å²) in [5.74, 6) is 2.15. The van der Waals surface area contributed by atoms with Gasteiger partial charge in [0, 0.05) is 0 Å². The molecule has 0 amide bonds. The van der Waals surface area contributed by atoms with Crippen LogP contribution < -0.4 is 0 Å². The van der Waals surface area contributed by atoms with E-state index >= 15 is 0 Å². The van der Waals surface area contributed by atoms with Crippen LogP contribution in [0.5, 0.6) is 0 Å². The highest BCUT2D eigenvalue weighted by atomic mass is 19.2. The quantitative estimate of drug-likeness (QED) is 0.442. The van der Waals surface area contributed by atoms with E-state index < -0.39 is 11.6 Å². The van der Waals surface area contributed by atoms with Crippen LogP contribution in [0.1, 0.15) is 76.2 Å². The van der Waals surface area contributed by atoms with E-state index in [0.717, 1.165) is 42.1 Å². The number of hydrogen-bond acceptors (Lipinski definition) is 0. The van der Waals surface area contributed by atoms with E-state index in [1.165, 1.54) is 76.3 Å². The molecule has 0 spiro atoms. The average Bonchev–Trinajstić information content (AvgIpc) is 2.68. The minimum atomic E-state index is -0.742. The summed E-state index contributed by atoms with van der Waals surface area (Å²) < 4.78 is 26.3. The van der Waals surface area contributed by atoms with Gasteiger partial charge in [0.15, 0.2) is 11.6 Å². The van der Waals surface area contributed by atoms with E-state index in [1.54, 1.807) is 6.07 Å². The van der Waals surface area contributed by atoms with Crippen molar-refractivity contribution in [2.24, 2.45) is 23.7 Å². The van der Waals surface area contributed by atoms with Crippen LogP contribution in [0, 0.1) is 35.3 Å². The van der Waals surface area contributed by atoms with Gasteiger partial charge in [-0.05, 0) is 92.7 Å². The van der Waals surface area contributed by atoms with Crippen molar-refractivity contribution < 1.29 is 8.78 Å². The lowest BCUT2D eigenvalue weighted by atomic mass is 9.68. The van der Waals surface area contributed by atoms with Crippen molar-refractivity contribution in [3.05, 3.63) is 48.1 Å². The van der Waals surface area contributed by atoms with Gasteiger partial charge in [-0.2, -0.15) is 0 Å². The third kappa shape index (κ3) is 5.41. The minimum Gasteiger partial charge on any atom is -0.204 e. The Morgan fingerprint density at radius 1 is 0.808 bits per heavy atom. The Hall–Kier alpha value is -1.18. The molecule has 0 saturated heterocycles. The molecule has 2 fully saturated rings. The molecule has 2 saturated carbocycles. The van der Waals surface area contributed by atoms with E-state index in [-0.39, 0.29) is 0 Å². The van der Waals surface area contributed by atoms with Crippen LogP contribution in [0.3, 0.4) is 0 Å². The van der Waals surface area contributed by atoms with Crippen molar-refractivity contribution in [3.8, 4) is 0 Å². The molecule has 144 valence electrons. The van der Waals surface area contributed by atoms with Crippen molar-refractivity contribution in [1.82, 2.24) is 0 Å².